The Balaban J connectivity index is 2.05. The minimum Gasteiger partial charge on any atom is -0.458 e. The summed E-state index contributed by atoms with van der Waals surface area (Å²) in [5, 5.41) is 5.72. The van der Waals surface area contributed by atoms with E-state index in [1.165, 1.54) is 6.33 Å². The average Bonchev–Trinajstić information content (AvgIpc) is 2.69. The molecular weight excluding hydrogens is 384 g/mol. The largest absolute Gasteiger partial charge is 0.458 e. The summed E-state index contributed by atoms with van der Waals surface area (Å²) in [4.78, 5) is 33.4. The van der Waals surface area contributed by atoms with E-state index in [1.54, 1.807) is 20.8 Å². The fourth-order valence-electron chi connectivity index (χ4n) is 2.75. The standard InChI is InChI=1S/C22H30N4O4/c1-6-17-15(2)24-14-25-19(17)23-12-18(20(27)30-22(3,4)5)26-21(28)29-13-16-10-8-7-9-11-16/h7-11,14,18H,6,12-13H2,1-5H3,(H,26,28)(H,23,24,25). The molecule has 0 aliphatic heterocycles. The Labute approximate surface area is 177 Å². The van der Waals surface area contributed by atoms with E-state index in [4.69, 9.17) is 9.47 Å². The molecule has 1 atom stereocenters. The predicted molar refractivity (Wildman–Crippen MR) is 114 cm³/mol. The van der Waals surface area contributed by atoms with Gasteiger partial charge in [-0.3, -0.25) is 0 Å². The van der Waals surface area contributed by atoms with Crippen molar-refractivity contribution in [2.24, 2.45) is 0 Å². The van der Waals surface area contributed by atoms with E-state index in [2.05, 4.69) is 20.6 Å². The lowest BCUT2D eigenvalue weighted by molar-refractivity contribution is -0.156. The van der Waals surface area contributed by atoms with E-state index >= 15 is 0 Å². The minimum absolute atomic E-state index is 0.0960. The minimum atomic E-state index is -0.951. The van der Waals surface area contributed by atoms with E-state index in [9.17, 15) is 9.59 Å². The highest BCUT2D eigenvalue weighted by molar-refractivity contribution is 5.82. The van der Waals surface area contributed by atoms with Crippen LogP contribution in [0.4, 0.5) is 10.6 Å². The molecule has 2 rings (SSSR count). The molecule has 0 aliphatic rings. The van der Waals surface area contributed by atoms with Gasteiger partial charge in [-0.05, 0) is 39.7 Å². The molecule has 1 amide bonds. The Bertz CT molecular complexity index is 850. The Morgan fingerprint density at radius 3 is 2.47 bits per heavy atom. The third kappa shape index (κ3) is 7.35. The molecule has 8 heteroatoms. The number of nitrogens with zero attached hydrogens (tertiary/aromatic N) is 2. The van der Waals surface area contributed by atoms with Crippen molar-refractivity contribution in [2.75, 3.05) is 11.9 Å². The highest BCUT2D eigenvalue weighted by Crippen LogP contribution is 2.16. The summed E-state index contributed by atoms with van der Waals surface area (Å²) in [5.41, 5.74) is 1.97. The van der Waals surface area contributed by atoms with Crippen molar-refractivity contribution in [3.63, 3.8) is 0 Å². The number of amides is 1. The Morgan fingerprint density at radius 2 is 1.83 bits per heavy atom. The normalized spacial score (nSPS) is 12.0. The number of aryl methyl sites for hydroxylation is 1. The van der Waals surface area contributed by atoms with Crippen LogP contribution in [0.3, 0.4) is 0 Å². The zero-order chi connectivity index (χ0) is 22.1. The van der Waals surface area contributed by atoms with Gasteiger partial charge in [0.25, 0.3) is 0 Å². The first kappa shape index (κ1) is 23.1. The topological polar surface area (TPSA) is 102 Å². The van der Waals surface area contributed by atoms with Crippen molar-refractivity contribution in [3.8, 4) is 0 Å². The van der Waals surface area contributed by atoms with Crippen LogP contribution in [-0.4, -0.2) is 40.2 Å². The predicted octanol–water partition coefficient (Wildman–Crippen LogP) is 3.40. The molecule has 1 unspecified atom stereocenters. The van der Waals surface area contributed by atoms with Crippen molar-refractivity contribution in [2.45, 2.75) is 59.3 Å². The maximum Gasteiger partial charge on any atom is 0.408 e. The van der Waals surface area contributed by atoms with E-state index in [0.717, 1.165) is 23.2 Å². The molecule has 0 fully saturated rings. The number of ether oxygens (including phenoxy) is 2. The fraction of sp³-hybridized carbons (Fsp3) is 0.455. The highest BCUT2D eigenvalue weighted by Gasteiger charge is 2.27. The molecule has 8 nitrogen and oxygen atoms in total. The number of rotatable bonds is 8. The molecule has 0 bridgehead atoms. The van der Waals surface area contributed by atoms with Crippen LogP contribution in [0.1, 0.15) is 44.5 Å². The number of anilines is 1. The summed E-state index contributed by atoms with van der Waals surface area (Å²) >= 11 is 0. The van der Waals surface area contributed by atoms with Crippen LogP contribution in [0.2, 0.25) is 0 Å². The van der Waals surface area contributed by atoms with Crippen molar-refractivity contribution in [1.29, 1.82) is 0 Å². The molecule has 0 spiro atoms. The number of aromatic nitrogens is 2. The molecule has 1 aromatic carbocycles. The van der Waals surface area contributed by atoms with E-state index in [0.29, 0.717) is 5.82 Å². The van der Waals surface area contributed by atoms with Gasteiger partial charge in [0.2, 0.25) is 0 Å². The second kappa shape index (κ2) is 10.6. The van der Waals surface area contributed by atoms with Gasteiger partial charge >= 0.3 is 12.1 Å². The van der Waals surface area contributed by atoms with E-state index in [-0.39, 0.29) is 13.2 Å². The van der Waals surface area contributed by atoms with Gasteiger partial charge in [-0.2, -0.15) is 0 Å². The molecule has 0 saturated heterocycles. The fourth-order valence-corrected chi connectivity index (χ4v) is 2.75. The lowest BCUT2D eigenvalue weighted by Gasteiger charge is -2.25. The average molecular weight is 415 g/mol. The van der Waals surface area contributed by atoms with Gasteiger partial charge in [0, 0.05) is 17.8 Å². The Kier molecular flexibility index (Phi) is 8.15. The van der Waals surface area contributed by atoms with Crippen molar-refractivity contribution >= 4 is 17.9 Å². The maximum atomic E-state index is 12.6. The van der Waals surface area contributed by atoms with Crippen molar-refractivity contribution in [3.05, 3.63) is 53.5 Å². The summed E-state index contributed by atoms with van der Waals surface area (Å²) in [5.74, 6) is 0.0634. The molecule has 162 valence electrons. The number of alkyl carbamates (subject to hydrolysis) is 1. The van der Waals surface area contributed by atoms with Gasteiger partial charge in [0.05, 0.1) is 0 Å². The number of carbonyl (C=O) groups excluding carboxylic acids is 2. The highest BCUT2D eigenvalue weighted by atomic mass is 16.6. The first-order valence-electron chi connectivity index (χ1n) is 9.94. The third-order valence-electron chi connectivity index (χ3n) is 4.18. The number of hydrogen-bond donors (Lipinski definition) is 2. The number of hydrogen-bond acceptors (Lipinski definition) is 7. The number of carbonyl (C=O) groups is 2. The molecule has 1 aromatic heterocycles. The van der Waals surface area contributed by atoms with Crippen LogP contribution < -0.4 is 10.6 Å². The molecule has 0 aliphatic carbocycles. The van der Waals surface area contributed by atoms with Gasteiger partial charge < -0.3 is 20.1 Å². The first-order valence-corrected chi connectivity index (χ1v) is 9.94. The number of benzene rings is 1. The lowest BCUT2D eigenvalue weighted by atomic mass is 10.1. The SMILES string of the molecule is CCc1c(C)ncnc1NCC(NC(=O)OCc1ccccc1)C(=O)OC(C)(C)C. The van der Waals surface area contributed by atoms with Gasteiger partial charge in [0.1, 0.15) is 30.4 Å². The van der Waals surface area contributed by atoms with Gasteiger partial charge in [-0.25, -0.2) is 19.6 Å². The van der Waals surface area contributed by atoms with Crippen molar-refractivity contribution < 1.29 is 19.1 Å². The van der Waals surface area contributed by atoms with Crippen LogP contribution in [-0.2, 0) is 27.3 Å². The molecular formula is C22H30N4O4. The zero-order valence-electron chi connectivity index (χ0n) is 18.2. The Hall–Kier alpha value is -3.16. The van der Waals surface area contributed by atoms with Gasteiger partial charge in [0.15, 0.2) is 0 Å². The quantitative estimate of drug-likeness (QED) is 0.638. The Morgan fingerprint density at radius 1 is 1.13 bits per heavy atom. The second-order valence-corrected chi connectivity index (χ2v) is 7.81. The molecule has 0 radical (unpaired) electrons. The van der Waals surface area contributed by atoms with Crippen LogP contribution in [0.25, 0.3) is 0 Å². The molecule has 2 aromatic rings. The molecule has 2 N–H and O–H groups in total. The van der Waals surface area contributed by atoms with Crippen LogP contribution in [0, 0.1) is 6.92 Å². The van der Waals surface area contributed by atoms with Gasteiger partial charge in [-0.1, -0.05) is 37.3 Å². The molecule has 1 heterocycles. The zero-order valence-corrected chi connectivity index (χ0v) is 18.2. The number of nitrogens with one attached hydrogen (secondary N) is 2. The molecule has 30 heavy (non-hydrogen) atoms. The summed E-state index contributed by atoms with van der Waals surface area (Å²) in [6.07, 6.45) is 1.49. The second-order valence-electron chi connectivity index (χ2n) is 7.81. The van der Waals surface area contributed by atoms with Crippen LogP contribution in [0.15, 0.2) is 36.7 Å². The third-order valence-corrected chi connectivity index (χ3v) is 4.18. The smallest absolute Gasteiger partial charge is 0.408 e. The first-order chi connectivity index (χ1) is 14.2. The van der Waals surface area contributed by atoms with Crippen LogP contribution >= 0.6 is 0 Å². The summed E-state index contributed by atoms with van der Waals surface area (Å²) in [7, 11) is 0. The lowest BCUT2D eigenvalue weighted by Crippen LogP contribution is -2.48. The monoisotopic (exact) mass is 414 g/mol. The van der Waals surface area contributed by atoms with E-state index < -0.39 is 23.7 Å². The summed E-state index contributed by atoms with van der Waals surface area (Å²) in [6.45, 7) is 9.41. The summed E-state index contributed by atoms with van der Waals surface area (Å²) < 4.78 is 10.7. The van der Waals surface area contributed by atoms with E-state index in [1.807, 2.05) is 44.2 Å². The number of esters is 1. The van der Waals surface area contributed by atoms with Crippen LogP contribution in [0.5, 0.6) is 0 Å². The molecule has 0 saturated carbocycles. The maximum absolute atomic E-state index is 12.6. The van der Waals surface area contributed by atoms with Crippen molar-refractivity contribution in [1.82, 2.24) is 15.3 Å². The van der Waals surface area contributed by atoms with Gasteiger partial charge in [-0.15, -0.1) is 0 Å². The summed E-state index contributed by atoms with van der Waals surface area (Å²) in [6, 6.07) is 8.35.